The summed E-state index contributed by atoms with van der Waals surface area (Å²) in [5.41, 5.74) is 0.435. The summed E-state index contributed by atoms with van der Waals surface area (Å²) in [5, 5.41) is 4.95. The molecule has 0 aliphatic rings. The molecule has 1 aromatic heterocycles. The first-order chi connectivity index (χ1) is 12.6. The van der Waals surface area contributed by atoms with E-state index in [2.05, 4.69) is 10.2 Å². The molecule has 0 saturated heterocycles. The van der Waals surface area contributed by atoms with E-state index in [1.165, 1.54) is 21.3 Å². The van der Waals surface area contributed by atoms with E-state index in [1.54, 1.807) is 30.5 Å². The van der Waals surface area contributed by atoms with E-state index < -0.39 is 10.0 Å². The normalized spacial score (nSPS) is 13.3. The number of carbonyl (C=O) groups excluding carboxylic acids is 1. The van der Waals surface area contributed by atoms with Crippen LogP contribution in [0.5, 0.6) is 0 Å². The van der Waals surface area contributed by atoms with Gasteiger partial charge in [0.05, 0.1) is 10.9 Å². The van der Waals surface area contributed by atoms with Gasteiger partial charge in [0.25, 0.3) is 5.91 Å². The van der Waals surface area contributed by atoms with Gasteiger partial charge in [0.2, 0.25) is 10.0 Å². The van der Waals surface area contributed by atoms with Crippen LogP contribution in [0.3, 0.4) is 0 Å². The second-order valence-electron chi connectivity index (χ2n) is 6.84. The lowest BCUT2D eigenvalue weighted by Crippen LogP contribution is -2.34. The van der Waals surface area contributed by atoms with Gasteiger partial charge >= 0.3 is 0 Å². The highest BCUT2D eigenvalue weighted by molar-refractivity contribution is 7.89. The summed E-state index contributed by atoms with van der Waals surface area (Å²) in [6.07, 6.45) is 0. The molecule has 1 N–H and O–H groups in total. The number of likely N-dealkylation sites (N-methyl/N-ethyl adjacent to an activating group) is 1. The number of carbonyl (C=O) groups is 1. The molecule has 6 nitrogen and oxygen atoms in total. The largest absolute Gasteiger partial charge is 0.350 e. The fourth-order valence-electron chi connectivity index (χ4n) is 2.53. The van der Waals surface area contributed by atoms with Gasteiger partial charge in [-0.3, -0.25) is 4.79 Å². The molecule has 0 bridgehead atoms. The number of rotatable bonds is 8. The van der Waals surface area contributed by atoms with Crippen molar-refractivity contribution in [3.63, 3.8) is 0 Å². The highest BCUT2D eigenvalue weighted by Gasteiger charge is 2.23. The van der Waals surface area contributed by atoms with E-state index in [-0.39, 0.29) is 22.9 Å². The van der Waals surface area contributed by atoms with E-state index in [0.717, 1.165) is 0 Å². The molecule has 0 fully saturated rings. The minimum Gasteiger partial charge on any atom is -0.350 e. The van der Waals surface area contributed by atoms with Gasteiger partial charge < -0.3 is 10.2 Å². The summed E-state index contributed by atoms with van der Waals surface area (Å²) in [6.45, 7) is 4.10. The molecule has 27 heavy (non-hydrogen) atoms. The second kappa shape index (κ2) is 8.97. The fraction of sp³-hybridized carbons (Fsp3) is 0.421. The van der Waals surface area contributed by atoms with Crippen LogP contribution in [0, 0.1) is 0 Å². The molecule has 2 aromatic rings. The number of hydrogen-bond donors (Lipinski definition) is 1. The third-order valence-corrected chi connectivity index (χ3v) is 7.49. The summed E-state index contributed by atoms with van der Waals surface area (Å²) in [6, 6.07) is 10.0. The van der Waals surface area contributed by atoms with Crippen LogP contribution in [0.15, 0.2) is 46.7 Å². The van der Waals surface area contributed by atoms with E-state index in [0.29, 0.717) is 12.1 Å². The Morgan fingerprint density at radius 2 is 1.74 bits per heavy atom. The molecule has 1 atom stereocenters. The molecular weight excluding hydrogens is 382 g/mol. The predicted octanol–water partition coefficient (Wildman–Crippen LogP) is 2.81. The Bertz CT molecular complexity index is 845. The SMILES string of the molecule is CC(C)N(C)S(=O)(=O)c1ccc(C(=O)NCC(c2cccs2)N(C)C)cc1. The maximum atomic E-state index is 12.5. The highest BCUT2D eigenvalue weighted by Crippen LogP contribution is 2.22. The third kappa shape index (κ3) is 5.16. The first kappa shape index (κ1) is 21.6. The Kier molecular flexibility index (Phi) is 7.16. The topological polar surface area (TPSA) is 69.7 Å². The molecule has 0 radical (unpaired) electrons. The Labute approximate surface area is 165 Å². The van der Waals surface area contributed by atoms with Gasteiger partial charge in [-0.05, 0) is 63.7 Å². The third-order valence-electron chi connectivity index (χ3n) is 4.47. The predicted molar refractivity (Wildman–Crippen MR) is 110 cm³/mol. The Morgan fingerprint density at radius 3 is 2.22 bits per heavy atom. The van der Waals surface area contributed by atoms with Crippen LogP contribution in [0.1, 0.15) is 35.1 Å². The number of amides is 1. The fourth-order valence-corrected chi connectivity index (χ4v) is 4.82. The average molecular weight is 410 g/mol. The molecule has 1 aromatic carbocycles. The standard InChI is InChI=1S/C19H27N3O3S2/c1-14(2)22(5)27(24,25)16-10-8-15(9-11-16)19(23)20-13-17(21(3)4)18-7-6-12-26-18/h6-12,14,17H,13H2,1-5H3,(H,20,23). The molecule has 0 saturated carbocycles. The molecule has 1 heterocycles. The zero-order valence-corrected chi connectivity index (χ0v) is 18.0. The summed E-state index contributed by atoms with van der Waals surface area (Å²) in [4.78, 5) is 15.9. The van der Waals surface area contributed by atoms with E-state index in [4.69, 9.17) is 0 Å². The smallest absolute Gasteiger partial charge is 0.251 e. The minimum atomic E-state index is -3.55. The molecule has 0 aliphatic heterocycles. The van der Waals surface area contributed by atoms with Gasteiger partial charge in [-0.2, -0.15) is 4.31 Å². The lowest BCUT2D eigenvalue weighted by Gasteiger charge is -2.23. The summed E-state index contributed by atoms with van der Waals surface area (Å²) in [7, 11) is 1.94. The first-order valence-corrected chi connectivity index (χ1v) is 11.0. The lowest BCUT2D eigenvalue weighted by atomic mass is 10.2. The van der Waals surface area contributed by atoms with Crippen LogP contribution in [-0.2, 0) is 10.0 Å². The first-order valence-electron chi connectivity index (χ1n) is 8.70. The van der Waals surface area contributed by atoms with Crippen molar-refractivity contribution in [2.45, 2.75) is 30.8 Å². The van der Waals surface area contributed by atoms with Gasteiger partial charge in [-0.25, -0.2) is 8.42 Å². The van der Waals surface area contributed by atoms with Gasteiger partial charge in [0.1, 0.15) is 0 Å². The molecule has 2 rings (SSSR count). The van der Waals surface area contributed by atoms with Crippen LogP contribution in [0.4, 0.5) is 0 Å². The van der Waals surface area contributed by atoms with Gasteiger partial charge in [-0.15, -0.1) is 11.3 Å². The number of benzene rings is 1. The molecule has 8 heteroatoms. The van der Waals surface area contributed by atoms with Crippen molar-refractivity contribution in [3.05, 3.63) is 52.2 Å². The molecule has 0 aliphatic carbocycles. The molecule has 1 amide bonds. The number of hydrogen-bond acceptors (Lipinski definition) is 5. The molecule has 1 unspecified atom stereocenters. The number of nitrogens with zero attached hydrogens (tertiary/aromatic N) is 2. The quantitative estimate of drug-likeness (QED) is 0.728. The van der Waals surface area contributed by atoms with Crippen LogP contribution >= 0.6 is 11.3 Å². The van der Waals surface area contributed by atoms with Crippen LogP contribution < -0.4 is 5.32 Å². The monoisotopic (exact) mass is 409 g/mol. The maximum absolute atomic E-state index is 12.5. The Morgan fingerprint density at radius 1 is 1.11 bits per heavy atom. The summed E-state index contributed by atoms with van der Waals surface area (Å²) in [5.74, 6) is -0.223. The van der Waals surface area contributed by atoms with Crippen LogP contribution in [0.2, 0.25) is 0 Å². The number of sulfonamides is 1. The van der Waals surface area contributed by atoms with Crippen molar-refractivity contribution in [1.82, 2.24) is 14.5 Å². The second-order valence-corrected chi connectivity index (χ2v) is 9.82. The zero-order valence-electron chi connectivity index (χ0n) is 16.3. The van der Waals surface area contributed by atoms with Gasteiger partial charge in [0.15, 0.2) is 0 Å². The Hall–Kier alpha value is -1.74. The highest BCUT2D eigenvalue weighted by atomic mass is 32.2. The van der Waals surface area contributed by atoms with Gasteiger partial charge in [0, 0.05) is 30.1 Å². The van der Waals surface area contributed by atoms with Crippen molar-refractivity contribution >= 4 is 27.3 Å². The van der Waals surface area contributed by atoms with E-state index >= 15 is 0 Å². The lowest BCUT2D eigenvalue weighted by molar-refractivity contribution is 0.0942. The zero-order chi connectivity index (χ0) is 20.2. The van der Waals surface area contributed by atoms with Crippen molar-refractivity contribution in [1.29, 1.82) is 0 Å². The van der Waals surface area contributed by atoms with Crippen molar-refractivity contribution in [2.75, 3.05) is 27.7 Å². The van der Waals surface area contributed by atoms with Crippen molar-refractivity contribution in [2.24, 2.45) is 0 Å². The Balaban J connectivity index is 2.07. The molecule has 148 valence electrons. The maximum Gasteiger partial charge on any atom is 0.251 e. The average Bonchev–Trinajstić information content (AvgIpc) is 3.15. The molecule has 0 spiro atoms. The summed E-state index contributed by atoms with van der Waals surface area (Å²) >= 11 is 1.65. The van der Waals surface area contributed by atoms with Gasteiger partial charge in [-0.1, -0.05) is 6.07 Å². The van der Waals surface area contributed by atoms with E-state index in [9.17, 15) is 13.2 Å². The number of nitrogens with one attached hydrogen (secondary N) is 1. The van der Waals surface area contributed by atoms with Crippen molar-refractivity contribution < 1.29 is 13.2 Å². The van der Waals surface area contributed by atoms with Crippen LogP contribution in [0.25, 0.3) is 0 Å². The van der Waals surface area contributed by atoms with E-state index in [1.807, 2.05) is 45.5 Å². The molecular formula is C19H27N3O3S2. The summed E-state index contributed by atoms with van der Waals surface area (Å²) < 4.78 is 26.3. The number of thiophene rings is 1. The van der Waals surface area contributed by atoms with Crippen LogP contribution in [-0.4, -0.2) is 57.3 Å². The minimum absolute atomic E-state index is 0.0910. The van der Waals surface area contributed by atoms with Crippen molar-refractivity contribution in [3.8, 4) is 0 Å².